The van der Waals surface area contributed by atoms with Crippen molar-refractivity contribution in [2.45, 2.75) is 70.4 Å². The molecule has 3 rings (SSSR count). The molecule has 2 heteroatoms. The normalized spacial score (nSPS) is 37.2. The van der Waals surface area contributed by atoms with Gasteiger partial charge >= 0.3 is 0 Å². The third-order valence-electron chi connectivity index (χ3n) is 5.62. The summed E-state index contributed by atoms with van der Waals surface area (Å²) in [5.41, 5.74) is 0. The van der Waals surface area contributed by atoms with E-state index in [0.29, 0.717) is 0 Å². The summed E-state index contributed by atoms with van der Waals surface area (Å²) < 4.78 is 0. The number of nitrogens with zero attached hydrogens (tertiary/aromatic N) is 2. The molecular formula is C16H30N2. The molecule has 0 aromatic rings. The first-order valence-electron chi connectivity index (χ1n) is 8.31. The fraction of sp³-hybridized carbons (Fsp3) is 1.00. The molecule has 0 bridgehead atoms. The molecule has 18 heavy (non-hydrogen) atoms. The van der Waals surface area contributed by atoms with Gasteiger partial charge in [0.2, 0.25) is 0 Å². The Hall–Kier alpha value is -0.0800. The van der Waals surface area contributed by atoms with Gasteiger partial charge in [-0.3, -0.25) is 9.80 Å². The van der Waals surface area contributed by atoms with Crippen LogP contribution in [0, 0.1) is 5.92 Å². The minimum Gasteiger partial charge on any atom is -0.298 e. The summed E-state index contributed by atoms with van der Waals surface area (Å²) in [6.07, 6.45) is 11.8. The topological polar surface area (TPSA) is 6.48 Å². The Labute approximate surface area is 113 Å². The van der Waals surface area contributed by atoms with E-state index in [1.165, 1.54) is 77.5 Å². The monoisotopic (exact) mass is 250 g/mol. The number of rotatable bonds is 2. The van der Waals surface area contributed by atoms with Crippen molar-refractivity contribution in [3.8, 4) is 0 Å². The van der Waals surface area contributed by atoms with Crippen LogP contribution in [-0.4, -0.2) is 48.1 Å². The standard InChI is InChI=1S/C16H30N2/c1-14-5-4-8-16(13-14)18-11-9-17(10-12-18)15-6-2-3-7-15/h14-16H,2-13H2,1H3. The fourth-order valence-corrected chi connectivity index (χ4v) is 4.47. The molecule has 3 fully saturated rings. The van der Waals surface area contributed by atoms with Crippen LogP contribution in [0.1, 0.15) is 58.3 Å². The van der Waals surface area contributed by atoms with Crippen LogP contribution in [0.3, 0.4) is 0 Å². The van der Waals surface area contributed by atoms with E-state index in [4.69, 9.17) is 0 Å². The van der Waals surface area contributed by atoms with Crippen LogP contribution in [0.15, 0.2) is 0 Å². The molecule has 2 unspecified atom stereocenters. The van der Waals surface area contributed by atoms with Crippen molar-refractivity contribution in [1.29, 1.82) is 0 Å². The van der Waals surface area contributed by atoms with E-state index >= 15 is 0 Å². The first kappa shape index (κ1) is 12.9. The minimum atomic E-state index is 0.916. The lowest BCUT2D eigenvalue weighted by atomic mass is 9.86. The second kappa shape index (κ2) is 5.92. The van der Waals surface area contributed by atoms with Gasteiger partial charge in [-0.2, -0.15) is 0 Å². The van der Waals surface area contributed by atoms with Gasteiger partial charge < -0.3 is 0 Å². The van der Waals surface area contributed by atoms with E-state index in [1.807, 2.05) is 0 Å². The lowest BCUT2D eigenvalue weighted by molar-refractivity contribution is 0.0504. The highest BCUT2D eigenvalue weighted by atomic mass is 15.3. The van der Waals surface area contributed by atoms with Crippen molar-refractivity contribution in [3.05, 3.63) is 0 Å². The summed E-state index contributed by atoms with van der Waals surface area (Å²) in [7, 11) is 0. The van der Waals surface area contributed by atoms with Gasteiger partial charge in [-0.15, -0.1) is 0 Å². The van der Waals surface area contributed by atoms with Gasteiger partial charge in [0, 0.05) is 38.3 Å². The van der Waals surface area contributed by atoms with Gasteiger partial charge in [0.25, 0.3) is 0 Å². The smallest absolute Gasteiger partial charge is 0.0113 e. The van der Waals surface area contributed by atoms with Crippen LogP contribution in [-0.2, 0) is 0 Å². The molecule has 1 saturated heterocycles. The average molecular weight is 250 g/mol. The van der Waals surface area contributed by atoms with E-state index in [-0.39, 0.29) is 0 Å². The van der Waals surface area contributed by atoms with E-state index in [1.54, 1.807) is 0 Å². The van der Waals surface area contributed by atoms with Gasteiger partial charge in [0.15, 0.2) is 0 Å². The lowest BCUT2D eigenvalue weighted by Gasteiger charge is -2.43. The predicted molar refractivity (Wildman–Crippen MR) is 76.8 cm³/mol. The third-order valence-corrected chi connectivity index (χ3v) is 5.62. The summed E-state index contributed by atoms with van der Waals surface area (Å²) in [6, 6.07) is 1.86. The maximum Gasteiger partial charge on any atom is 0.0113 e. The van der Waals surface area contributed by atoms with Crippen LogP contribution in [0.5, 0.6) is 0 Å². The zero-order valence-corrected chi connectivity index (χ0v) is 12.1. The van der Waals surface area contributed by atoms with Gasteiger partial charge in [0.1, 0.15) is 0 Å². The molecular weight excluding hydrogens is 220 g/mol. The van der Waals surface area contributed by atoms with Crippen LogP contribution in [0.4, 0.5) is 0 Å². The van der Waals surface area contributed by atoms with Gasteiger partial charge in [-0.1, -0.05) is 32.6 Å². The maximum atomic E-state index is 2.81. The Balaban J connectivity index is 1.47. The molecule has 2 nitrogen and oxygen atoms in total. The van der Waals surface area contributed by atoms with Crippen molar-refractivity contribution in [1.82, 2.24) is 9.80 Å². The van der Waals surface area contributed by atoms with E-state index in [0.717, 1.165) is 18.0 Å². The van der Waals surface area contributed by atoms with Crippen molar-refractivity contribution in [2.75, 3.05) is 26.2 Å². The Morgan fingerprint density at radius 2 is 1.22 bits per heavy atom. The van der Waals surface area contributed by atoms with Crippen molar-refractivity contribution in [2.24, 2.45) is 5.92 Å². The maximum absolute atomic E-state index is 2.81. The van der Waals surface area contributed by atoms with Crippen LogP contribution >= 0.6 is 0 Å². The molecule has 2 atom stereocenters. The van der Waals surface area contributed by atoms with Crippen LogP contribution in [0.25, 0.3) is 0 Å². The number of hydrogen-bond donors (Lipinski definition) is 0. The molecule has 104 valence electrons. The van der Waals surface area contributed by atoms with Crippen molar-refractivity contribution in [3.63, 3.8) is 0 Å². The molecule has 2 saturated carbocycles. The molecule has 0 radical (unpaired) electrons. The second-order valence-electron chi connectivity index (χ2n) is 6.94. The highest BCUT2D eigenvalue weighted by molar-refractivity contribution is 4.86. The molecule has 1 aliphatic heterocycles. The SMILES string of the molecule is CC1CCCC(N2CCN(C3CCCC3)CC2)C1. The van der Waals surface area contributed by atoms with E-state index in [9.17, 15) is 0 Å². The zero-order chi connectivity index (χ0) is 12.4. The molecule has 0 amide bonds. The molecule has 3 aliphatic rings. The predicted octanol–water partition coefficient (Wildman–Crippen LogP) is 3.13. The lowest BCUT2D eigenvalue weighted by Crippen LogP contribution is -2.53. The van der Waals surface area contributed by atoms with Crippen LogP contribution in [0.2, 0.25) is 0 Å². The van der Waals surface area contributed by atoms with E-state index < -0.39 is 0 Å². The summed E-state index contributed by atoms with van der Waals surface area (Å²) in [6.45, 7) is 7.81. The average Bonchev–Trinajstić information content (AvgIpc) is 2.93. The second-order valence-corrected chi connectivity index (χ2v) is 6.94. The zero-order valence-electron chi connectivity index (χ0n) is 12.1. The van der Waals surface area contributed by atoms with Crippen molar-refractivity contribution < 1.29 is 0 Å². The number of hydrogen-bond acceptors (Lipinski definition) is 2. The Morgan fingerprint density at radius 3 is 1.83 bits per heavy atom. The Kier molecular flexibility index (Phi) is 4.25. The highest BCUT2D eigenvalue weighted by Crippen LogP contribution is 2.29. The Morgan fingerprint density at radius 1 is 0.667 bits per heavy atom. The molecule has 0 aromatic heterocycles. The Bertz CT molecular complexity index is 252. The highest BCUT2D eigenvalue weighted by Gasteiger charge is 2.30. The largest absolute Gasteiger partial charge is 0.298 e. The third kappa shape index (κ3) is 2.91. The summed E-state index contributed by atoms with van der Waals surface area (Å²) in [4.78, 5) is 5.59. The molecule has 0 aromatic carbocycles. The summed E-state index contributed by atoms with van der Waals surface area (Å²) in [5, 5.41) is 0. The summed E-state index contributed by atoms with van der Waals surface area (Å²) >= 11 is 0. The molecule has 0 spiro atoms. The fourth-order valence-electron chi connectivity index (χ4n) is 4.47. The summed E-state index contributed by atoms with van der Waals surface area (Å²) in [5.74, 6) is 0.969. The minimum absolute atomic E-state index is 0.916. The van der Waals surface area contributed by atoms with E-state index in [2.05, 4.69) is 16.7 Å². The van der Waals surface area contributed by atoms with Crippen molar-refractivity contribution >= 4 is 0 Å². The first-order chi connectivity index (χ1) is 8.83. The van der Waals surface area contributed by atoms with Gasteiger partial charge in [-0.05, 0) is 31.6 Å². The van der Waals surface area contributed by atoms with Gasteiger partial charge in [0.05, 0.1) is 0 Å². The van der Waals surface area contributed by atoms with Crippen LogP contribution < -0.4 is 0 Å². The quantitative estimate of drug-likeness (QED) is 0.743. The first-order valence-corrected chi connectivity index (χ1v) is 8.31. The molecule has 1 heterocycles. The van der Waals surface area contributed by atoms with Gasteiger partial charge in [-0.25, -0.2) is 0 Å². The number of piperazine rings is 1. The molecule has 0 N–H and O–H groups in total. The molecule has 2 aliphatic carbocycles.